The largest absolute Gasteiger partial charge is 0.870 e. The third-order valence-corrected chi connectivity index (χ3v) is 0.202. The van der Waals surface area contributed by atoms with E-state index in [1.807, 2.05) is 0 Å². The average molecular weight is 93.1 g/mol. The van der Waals surface area contributed by atoms with Gasteiger partial charge in [-0.3, -0.25) is 5.32 Å². The molecule has 0 unspecified atom stereocenters. The molecule has 0 saturated heterocycles. The molecule has 38 valence electrons. The van der Waals surface area contributed by atoms with Crippen LogP contribution in [0.5, 0.6) is 0 Å². The molecule has 4 N–H and O–H groups in total. The van der Waals surface area contributed by atoms with Crippen molar-refractivity contribution in [2.75, 3.05) is 6.73 Å². The van der Waals surface area contributed by atoms with Crippen molar-refractivity contribution in [3.05, 3.63) is 0 Å². The standard InChI is InChI=1S/C2H5NO2.H2O/c4-1-3-2-5;/h1,5H,2H2,(H,3,4);1H2. The van der Waals surface area contributed by atoms with E-state index in [0.717, 1.165) is 5.32 Å². The number of nitrogens with two attached hydrogens (primary N) is 1. The van der Waals surface area contributed by atoms with Crippen molar-refractivity contribution >= 4 is 6.41 Å². The normalized spacial score (nSPS) is 6.17. The number of carbonyl (C=O) groups excluding carboxylic acids is 1. The van der Waals surface area contributed by atoms with Crippen LogP contribution in [-0.4, -0.2) is 23.7 Å². The molecule has 4 nitrogen and oxygen atoms in total. The Kier molecular flexibility index (Phi) is 13.4. The third-order valence-electron chi connectivity index (χ3n) is 0.202. The first-order chi connectivity index (χ1) is 2.41. The first kappa shape index (κ1) is 9.12. The SMILES string of the molecule is O=C[NH2+]CO.[OH-]. The summed E-state index contributed by atoms with van der Waals surface area (Å²) in [6.07, 6.45) is 0.556. The number of rotatable bonds is 2. The summed E-state index contributed by atoms with van der Waals surface area (Å²) in [5, 5.41) is 8.90. The number of quaternary nitrogens is 1. The second-order valence-corrected chi connectivity index (χ2v) is 0.554. The molecule has 0 aromatic heterocycles. The molecule has 4 heteroatoms. The molecule has 0 saturated carbocycles. The number of primary amides is 1. The molecule has 1 amide bonds. The summed E-state index contributed by atoms with van der Waals surface area (Å²) in [7, 11) is 0. The van der Waals surface area contributed by atoms with Crippen LogP contribution in [0, 0.1) is 0 Å². The fourth-order valence-electron chi connectivity index (χ4n) is 0.0430. The van der Waals surface area contributed by atoms with Crippen molar-refractivity contribution in [2.45, 2.75) is 0 Å². The van der Waals surface area contributed by atoms with Gasteiger partial charge in [0.25, 0.3) is 6.41 Å². The maximum atomic E-state index is 9.19. The van der Waals surface area contributed by atoms with Gasteiger partial charge < -0.3 is 10.6 Å². The molecular formula is C2H7NO3. The predicted octanol–water partition coefficient (Wildman–Crippen LogP) is -2.52. The summed E-state index contributed by atoms with van der Waals surface area (Å²) in [6, 6.07) is 0. The summed E-state index contributed by atoms with van der Waals surface area (Å²) in [5.41, 5.74) is 0. The minimum atomic E-state index is -0.149. The van der Waals surface area contributed by atoms with E-state index in [4.69, 9.17) is 5.11 Å². The average Bonchev–Trinajstić information content (AvgIpc) is 1.41. The molecule has 0 aliphatic carbocycles. The van der Waals surface area contributed by atoms with E-state index in [9.17, 15) is 4.79 Å². The van der Waals surface area contributed by atoms with E-state index in [0.29, 0.717) is 6.41 Å². The second kappa shape index (κ2) is 8.82. The maximum absolute atomic E-state index is 9.19. The fraction of sp³-hybridized carbons (Fsp3) is 0.500. The first-order valence-electron chi connectivity index (χ1n) is 1.29. The second-order valence-electron chi connectivity index (χ2n) is 0.554. The quantitative estimate of drug-likeness (QED) is 0.292. The van der Waals surface area contributed by atoms with Crippen LogP contribution in [0.1, 0.15) is 0 Å². The molecular weight excluding hydrogens is 86.0 g/mol. The minimum Gasteiger partial charge on any atom is -0.870 e. The zero-order chi connectivity index (χ0) is 4.12. The van der Waals surface area contributed by atoms with Gasteiger partial charge in [-0.15, -0.1) is 0 Å². The van der Waals surface area contributed by atoms with E-state index in [-0.39, 0.29) is 12.2 Å². The molecule has 0 aliphatic heterocycles. The van der Waals surface area contributed by atoms with E-state index in [2.05, 4.69) is 0 Å². The van der Waals surface area contributed by atoms with E-state index in [1.54, 1.807) is 0 Å². The highest BCUT2D eigenvalue weighted by Crippen LogP contribution is 1.06. The Hall–Kier alpha value is -0.450. The Labute approximate surface area is 35.1 Å². The molecule has 6 heavy (non-hydrogen) atoms. The van der Waals surface area contributed by atoms with E-state index in [1.165, 1.54) is 0 Å². The Morgan fingerprint density at radius 1 is 1.83 bits per heavy atom. The first-order valence-corrected chi connectivity index (χ1v) is 1.29. The van der Waals surface area contributed by atoms with Crippen LogP contribution in [0.3, 0.4) is 0 Å². The van der Waals surface area contributed by atoms with Crippen molar-refractivity contribution < 1.29 is 20.7 Å². The number of hydrogen-bond donors (Lipinski definition) is 2. The number of hydrogen-bond acceptors (Lipinski definition) is 3. The van der Waals surface area contributed by atoms with Crippen molar-refractivity contribution in [3.63, 3.8) is 0 Å². The topological polar surface area (TPSA) is 83.9 Å². The number of carbonyl (C=O) groups is 1. The number of aliphatic hydroxyl groups excluding tert-OH is 1. The van der Waals surface area contributed by atoms with Gasteiger partial charge in [-0.2, -0.15) is 0 Å². The molecule has 0 fully saturated rings. The van der Waals surface area contributed by atoms with Crippen LogP contribution in [0.2, 0.25) is 0 Å². The lowest BCUT2D eigenvalue weighted by atomic mass is 11.2. The zero-order valence-electron chi connectivity index (χ0n) is 3.16. The number of amides is 1. The summed E-state index contributed by atoms with van der Waals surface area (Å²) in [6.45, 7) is -0.149. The molecule has 0 spiro atoms. The Morgan fingerprint density at radius 3 is 2.33 bits per heavy atom. The Morgan fingerprint density at radius 2 is 2.33 bits per heavy atom. The van der Waals surface area contributed by atoms with Crippen LogP contribution in [0.4, 0.5) is 0 Å². The van der Waals surface area contributed by atoms with Crippen LogP contribution < -0.4 is 5.32 Å². The molecule has 0 aromatic rings. The fourth-order valence-corrected chi connectivity index (χ4v) is 0.0430. The van der Waals surface area contributed by atoms with E-state index >= 15 is 0 Å². The van der Waals surface area contributed by atoms with Crippen molar-refractivity contribution in [2.24, 2.45) is 0 Å². The van der Waals surface area contributed by atoms with Gasteiger partial charge in [-0.1, -0.05) is 0 Å². The van der Waals surface area contributed by atoms with Crippen LogP contribution in [-0.2, 0) is 4.79 Å². The van der Waals surface area contributed by atoms with Crippen LogP contribution in [0.25, 0.3) is 0 Å². The van der Waals surface area contributed by atoms with Crippen molar-refractivity contribution in [3.8, 4) is 0 Å². The molecule has 0 heterocycles. The third kappa shape index (κ3) is 9.61. The van der Waals surface area contributed by atoms with Crippen molar-refractivity contribution in [1.82, 2.24) is 0 Å². The predicted molar refractivity (Wildman–Crippen MR) is 17.0 cm³/mol. The molecule has 0 aromatic carbocycles. The van der Waals surface area contributed by atoms with Gasteiger partial charge in [0.1, 0.15) is 0 Å². The summed E-state index contributed by atoms with van der Waals surface area (Å²) in [5.74, 6) is 0. The molecule has 0 aliphatic rings. The summed E-state index contributed by atoms with van der Waals surface area (Å²) >= 11 is 0. The van der Waals surface area contributed by atoms with Gasteiger partial charge in [-0.05, 0) is 0 Å². The van der Waals surface area contributed by atoms with Gasteiger partial charge in [0.2, 0.25) is 0 Å². The Bertz CT molecular complexity index is 30.0. The Balaban J connectivity index is 0. The van der Waals surface area contributed by atoms with Gasteiger partial charge in [0, 0.05) is 0 Å². The van der Waals surface area contributed by atoms with Gasteiger partial charge in [0.15, 0.2) is 6.73 Å². The highest BCUT2D eigenvalue weighted by Gasteiger charge is 1.66. The zero-order valence-corrected chi connectivity index (χ0v) is 3.16. The van der Waals surface area contributed by atoms with Crippen molar-refractivity contribution in [1.29, 1.82) is 0 Å². The van der Waals surface area contributed by atoms with Crippen LogP contribution >= 0.6 is 0 Å². The molecule has 0 radical (unpaired) electrons. The molecule has 0 bridgehead atoms. The lowest BCUT2D eigenvalue weighted by Gasteiger charge is -1.71. The smallest absolute Gasteiger partial charge is 0.300 e. The van der Waals surface area contributed by atoms with Gasteiger partial charge in [0.05, 0.1) is 0 Å². The highest BCUT2D eigenvalue weighted by molar-refractivity contribution is 5.31. The molecule has 0 rings (SSSR count). The van der Waals surface area contributed by atoms with E-state index < -0.39 is 0 Å². The summed E-state index contributed by atoms with van der Waals surface area (Å²) in [4.78, 5) is 9.19. The lowest BCUT2D eigenvalue weighted by molar-refractivity contribution is -0.589. The van der Waals surface area contributed by atoms with Gasteiger partial charge in [-0.25, -0.2) is 4.79 Å². The summed E-state index contributed by atoms with van der Waals surface area (Å²) < 4.78 is 0. The lowest BCUT2D eigenvalue weighted by Crippen LogP contribution is -2.82. The van der Waals surface area contributed by atoms with Gasteiger partial charge >= 0.3 is 0 Å². The number of aliphatic hydroxyl groups is 1. The van der Waals surface area contributed by atoms with Crippen LogP contribution in [0.15, 0.2) is 0 Å². The maximum Gasteiger partial charge on any atom is 0.300 e. The monoisotopic (exact) mass is 93.0 g/mol. The highest BCUT2D eigenvalue weighted by atomic mass is 16.3. The molecule has 0 atom stereocenters. The minimum absolute atomic E-state index is 0.